The molecule has 0 unspecified atom stereocenters. The Kier molecular flexibility index (Phi) is 5.79. The minimum absolute atomic E-state index is 0.0383. The highest BCUT2D eigenvalue weighted by Gasteiger charge is 2.30. The average molecular weight is 474 g/mol. The molecule has 3 heterocycles. The topological polar surface area (TPSA) is 125 Å². The third-order valence-electron chi connectivity index (χ3n) is 6.25. The van der Waals surface area contributed by atoms with Gasteiger partial charge >= 0.3 is 0 Å². The number of carbonyl (C=O) groups is 2. The van der Waals surface area contributed by atoms with Gasteiger partial charge in [-0.15, -0.1) is 0 Å². The molecular formula is C25H24FN7O2. The summed E-state index contributed by atoms with van der Waals surface area (Å²) in [4.78, 5) is 36.7. The van der Waals surface area contributed by atoms with Crippen LogP contribution in [0.5, 0.6) is 0 Å². The average Bonchev–Trinajstić information content (AvgIpc) is 3.34. The second-order valence-electron chi connectivity index (χ2n) is 8.24. The van der Waals surface area contributed by atoms with Crippen molar-refractivity contribution in [3.05, 3.63) is 78.6 Å². The molecule has 2 aromatic heterocycles. The van der Waals surface area contributed by atoms with Gasteiger partial charge < -0.3 is 20.5 Å². The molecule has 1 aliphatic rings. The Bertz CT molecular complexity index is 1450. The zero-order valence-electron chi connectivity index (χ0n) is 18.8. The van der Waals surface area contributed by atoms with Gasteiger partial charge in [0.15, 0.2) is 11.6 Å². The molecule has 2 aromatic carbocycles. The lowest BCUT2D eigenvalue weighted by molar-refractivity contribution is -0.126. The van der Waals surface area contributed by atoms with Gasteiger partial charge in [0.1, 0.15) is 0 Å². The van der Waals surface area contributed by atoms with Crippen LogP contribution in [0.1, 0.15) is 10.4 Å². The first-order chi connectivity index (χ1) is 17.0. The number of benzene rings is 2. The largest absolute Gasteiger partial charge is 0.403 e. The smallest absolute Gasteiger partial charge is 0.295 e. The number of aromatic amines is 1. The molecule has 5 rings (SSSR count). The maximum Gasteiger partial charge on any atom is 0.295 e. The number of aromatic nitrogens is 2. The summed E-state index contributed by atoms with van der Waals surface area (Å²) in [5.74, 6) is 3.85. The summed E-state index contributed by atoms with van der Waals surface area (Å²) in [6.07, 6.45) is 4.81. The van der Waals surface area contributed by atoms with E-state index in [0.29, 0.717) is 26.2 Å². The minimum Gasteiger partial charge on any atom is -0.403 e. The zero-order chi connectivity index (χ0) is 24.5. The van der Waals surface area contributed by atoms with Gasteiger partial charge in [-0.25, -0.2) is 15.2 Å². The van der Waals surface area contributed by atoms with Crippen molar-refractivity contribution in [2.75, 3.05) is 36.1 Å². The third kappa shape index (κ3) is 3.93. The first-order valence-corrected chi connectivity index (χ1v) is 11.1. The number of nitrogens with zero attached hydrogens (tertiary/aromatic N) is 4. The van der Waals surface area contributed by atoms with Crippen molar-refractivity contribution in [1.82, 2.24) is 14.9 Å². The number of hydrogen-bond acceptors (Lipinski definition) is 7. The van der Waals surface area contributed by atoms with Gasteiger partial charge in [0.2, 0.25) is 0 Å². The number of pyridine rings is 1. The molecular weight excluding hydrogens is 449 g/mol. The van der Waals surface area contributed by atoms with E-state index in [9.17, 15) is 14.0 Å². The van der Waals surface area contributed by atoms with Crippen LogP contribution in [0.25, 0.3) is 21.7 Å². The number of H-pyrrole nitrogens is 1. The Morgan fingerprint density at radius 3 is 2.60 bits per heavy atom. The highest BCUT2D eigenvalue weighted by Crippen LogP contribution is 2.30. The van der Waals surface area contributed by atoms with Crippen LogP contribution in [0.2, 0.25) is 0 Å². The number of Topliss-reactive ketones (excluding diaryl/α,β-unsaturated/α-hetero) is 1. The molecule has 5 N–H and O–H groups in total. The van der Waals surface area contributed by atoms with Gasteiger partial charge in [0, 0.05) is 55.8 Å². The van der Waals surface area contributed by atoms with E-state index >= 15 is 0 Å². The summed E-state index contributed by atoms with van der Waals surface area (Å²) in [6.45, 7) is 1.92. The standard InChI is InChI=1S/C25H24FN7O2/c26-19-15-30-24(33(28)9-8-27)22-21(19)18(14-29-22)23(34)25(35)32-12-10-31(11-13-32)20-7-3-5-16-4-1-2-6-17(16)20/h1-9,14-15,29H,10-13,27-28H2/b9-8-. The van der Waals surface area contributed by atoms with Crippen molar-refractivity contribution in [2.24, 2.45) is 11.6 Å². The molecule has 35 heavy (non-hydrogen) atoms. The maximum absolute atomic E-state index is 14.7. The number of nitrogens with one attached hydrogen (secondary N) is 1. The Morgan fingerprint density at radius 1 is 1.09 bits per heavy atom. The number of ketones is 1. The predicted molar refractivity (Wildman–Crippen MR) is 133 cm³/mol. The van der Waals surface area contributed by atoms with E-state index in [0.717, 1.165) is 27.7 Å². The van der Waals surface area contributed by atoms with Crippen LogP contribution < -0.4 is 21.5 Å². The first kappa shape index (κ1) is 22.4. The molecule has 4 aromatic rings. The van der Waals surface area contributed by atoms with Crippen molar-refractivity contribution >= 4 is 44.9 Å². The van der Waals surface area contributed by atoms with Crippen LogP contribution in [0.4, 0.5) is 15.9 Å². The summed E-state index contributed by atoms with van der Waals surface area (Å²) in [5.41, 5.74) is 6.60. The SMILES string of the molecule is N/C=C\N(N)c1ncc(F)c2c(C(=O)C(=O)N3CCN(c4cccc5ccccc45)CC3)c[nH]c12. The van der Waals surface area contributed by atoms with Gasteiger partial charge in [-0.2, -0.15) is 0 Å². The highest BCUT2D eigenvalue weighted by atomic mass is 19.1. The molecule has 0 aliphatic carbocycles. The van der Waals surface area contributed by atoms with E-state index in [1.807, 2.05) is 18.2 Å². The molecule has 1 saturated heterocycles. The van der Waals surface area contributed by atoms with Crippen LogP contribution in [-0.4, -0.2) is 52.7 Å². The number of anilines is 2. The number of halogens is 1. The molecule has 1 amide bonds. The summed E-state index contributed by atoms with van der Waals surface area (Å²) in [5, 5.41) is 3.35. The molecule has 10 heteroatoms. The van der Waals surface area contributed by atoms with Crippen LogP contribution in [0, 0.1) is 5.82 Å². The molecule has 1 aliphatic heterocycles. The first-order valence-electron chi connectivity index (χ1n) is 11.1. The van der Waals surface area contributed by atoms with E-state index in [2.05, 4.69) is 39.1 Å². The summed E-state index contributed by atoms with van der Waals surface area (Å²) in [7, 11) is 0. The third-order valence-corrected chi connectivity index (χ3v) is 6.25. The second kappa shape index (κ2) is 9.07. The Labute approximate surface area is 200 Å². The summed E-state index contributed by atoms with van der Waals surface area (Å²) < 4.78 is 14.7. The van der Waals surface area contributed by atoms with Gasteiger partial charge in [-0.1, -0.05) is 36.4 Å². The van der Waals surface area contributed by atoms with E-state index in [1.54, 1.807) is 0 Å². The summed E-state index contributed by atoms with van der Waals surface area (Å²) in [6, 6.07) is 14.3. The Hall–Kier alpha value is -4.44. The molecule has 0 spiro atoms. The maximum atomic E-state index is 14.7. The van der Waals surface area contributed by atoms with Crippen LogP contribution in [-0.2, 0) is 4.79 Å². The van der Waals surface area contributed by atoms with Crippen molar-refractivity contribution in [2.45, 2.75) is 0 Å². The fourth-order valence-corrected chi connectivity index (χ4v) is 4.53. The molecule has 1 fully saturated rings. The monoisotopic (exact) mass is 473 g/mol. The van der Waals surface area contributed by atoms with Gasteiger partial charge in [0.05, 0.1) is 22.7 Å². The lowest BCUT2D eigenvalue weighted by atomic mass is 10.1. The molecule has 9 nitrogen and oxygen atoms in total. The van der Waals surface area contributed by atoms with Crippen molar-refractivity contribution in [1.29, 1.82) is 0 Å². The van der Waals surface area contributed by atoms with Crippen molar-refractivity contribution < 1.29 is 14.0 Å². The molecule has 178 valence electrons. The number of hydrazine groups is 1. The van der Waals surface area contributed by atoms with Gasteiger partial charge in [-0.05, 0) is 11.5 Å². The van der Waals surface area contributed by atoms with Crippen LogP contribution >= 0.6 is 0 Å². The number of nitrogens with two attached hydrogens (primary N) is 2. The quantitative estimate of drug-likeness (QED) is 0.176. The number of rotatable bonds is 5. The van der Waals surface area contributed by atoms with Crippen molar-refractivity contribution in [3.8, 4) is 0 Å². The summed E-state index contributed by atoms with van der Waals surface area (Å²) >= 11 is 0. The number of amides is 1. The lowest BCUT2D eigenvalue weighted by Crippen LogP contribution is -2.50. The molecule has 0 atom stereocenters. The van der Waals surface area contributed by atoms with Gasteiger partial charge in [0.25, 0.3) is 11.7 Å². The van der Waals surface area contributed by atoms with Crippen molar-refractivity contribution in [3.63, 3.8) is 0 Å². The Balaban J connectivity index is 1.35. The normalized spacial score (nSPS) is 14.2. The number of hydrogen-bond donors (Lipinski definition) is 3. The molecule has 0 saturated carbocycles. The molecule has 0 bridgehead atoms. The second-order valence-corrected chi connectivity index (χ2v) is 8.24. The zero-order valence-corrected chi connectivity index (χ0v) is 18.8. The highest BCUT2D eigenvalue weighted by molar-refractivity contribution is 6.45. The Morgan fingerprint density at radius 2 is 1.83 bits per heavy atom. The predicted octanol–water partition coefficient (Wildman–Crippen LogP) is 2.50. The number of fused-ring (bicyclic) bond motifs is 2. The fourth-order valence-electron chi connectivity index (χ4n) is 4.53. The van der Waals surface area contributed by atoms with E-state index in [4.69, 9.17) is 11.6 Å². The molecule has 0 radical (unpaired) electrons. The van der Waals surface area contributed by atoms with Crippen LogP contribution in [0.3, 0.4) is 0 Å². The number of piperazine rings is 1. The fraction of sp³-hybridized carbons (Fsp3) is 0.160. The van der Waals surface area contributed by atoms with E-state index in [-0.39, 0.29) is 22.3 Å². The van der Waals surface area contributed by atoms with Crippen LogP contribution in [0.15, 0.2) is 67.3 Å². The van der Waals surface area contributed by atoms with E-state index in [1.165, 1.54) is 23.5 Å². The van der Waals surface area contributed by atoms with E-state index < -0.39 is 17.5 Å². The van der Waals surface area contributed by atoms with Gasteiger partial charge in [-0.3, -0.25) is 14.6 Å². The lowest BCUT2D eigenvalue weighted by Gasteiger charge is -2.36. The number of carbonyl (C=O) groups excluding carboxylic acids is 2. The minimum atomic E-state index is -0.788.